The highest BCUT2D eigenvalue weighted by Crippen LogP contribution is 2.16. The minimum absolute atomic E-state index is 0.223. The van der Waals surface area contributed by atoms with E-state index in [-0.39, 0.29) is 11.9 Å². The van der Waals surface area contributed by atoms with Gasteiger partial charge in [0.05, 0.1) is 0 Å². The van der Waals surface area contributed by atoms with E-state index >= 15 is 0 Å². The Morgan fingerprint density at radius 3 is 2.30 bits per heavy atom. The number of carbonyl (C=O) groups is 1. The summed E-state index contributed by atoms with van der Waals surface area (Å²) in [6, 6.07) is 9.30. The van der Waals surface area contributed by atoms with Crippen LogP contribution in [0.1, 0.15) is 19.4 Å². The molecule has 0 bridgehead atoms. The van der Waals surface area contributed by atoms with Crippen molar-refractivity contribution in [2.75, 3.05) is 12.1 Å². The van der Waals surface area contributed by atoms with Crippen LogP contribution in [0.2, 0.25) is 0 Å². The van der Waals surface area contributed by atoms with Crippen molar-refractivity contribution < 1.29 is 13.2 Å². The summed E-state index contributed by atoms with van der Waals surface area (Å²) in [6.07, 6.45) is 1.62. The number of hydrogen-bond acceptors (Lipinski definition) is 3. The molecule has 0 saturated heterocycles. The molecule has 0 aliphatic carbocycles. The monoisotopic (exact) mass is 317 g/mol. The minimum atomic E-state index is -3.48. The van der Waals surface area contributed by atoms with Crippen LogP contribution in [0, 0.1) is 0 Å². The van der Waals surface area contributed by atoms with E-state index < -0.39 is 20.5 Å². The maximum Gasteiger partial charge on any atom is 0.241 e. The summed E-state index contributed by atoms with van der Waals surface area (Å²) in [4.78, 5) is 12.1. The molecule has 1 amide bonds. The fourth-order valence-electron chi connectivity index (χ4n) is 1.57. The molecule has 1 rings (SSSR count). The van der Waals surface area contributed by atoms with Gasteiger partial charge in [-0.15, -0.1) is 11.6 Å². The highest BCUT2D eigenvalue weighted by molar-refractivity contribution is 7.92. The SMILES string of the molecule is CC(C)(C(=O)NC(CCl)Cc1ccccc1)S(C)(=O)=O. The third-order valence-electron chi connectivity index (χ3n) is 3.32. The van der Waals surface area contributed by atoms with Crippen LogP contribution in [-0.2, 0) is 21.1 Å². The van der Waals surface area contributed by atoms with E-state index in [2.05, 4.69) is 5.32 Å². The van der Waals surface area contributed by atoms with Crippen molar-refractivity contribution in [3.05, 3.63) is 35.9 Å². The maximum atomic E-state index is 12.1. The quantitative estimate of drug-likeness (QED) is 0.813. The lowest BCUT2D eigenvalue weighted by atomic mass is 10.1. The third kappa shape index (κ3) is 4.21. The Morgan fingerprint density at radius 1 is 1.30 bits per heavy atom. The van der Waals surface area contributed by atoms with Gasteiger partial charge in [-0.25, -0.2) is 8.42 Å². The van der Waals surface area contributed by atoms with Gasteiger partial charge in [-0.05, 0) is 25.8 Å². The van der Waals surface area contributed by atoms with Crippen LogP contribution in [-0.4, -0.2) is 37.2 Å². The number of sulfone groups is 1. The smallest absolute Gasteiger partial charge is 0.241 e. The van der Waals surface area contributed by atoms with Gasteiger partial charge in [-0.3, -0.25) is 4.79 Å². The Kier molecular flexibility index (Phi) is 5.59. The van der Waals surface area contributed by atoms with E-state index in [0.717, 1.165) is 11.8 Å². The van der Waals surface area contributed by atoms with Crippen molar-refractivity contribution in [1.82, 2.24) is 5.32 Å². The molecule has 1 unspecified atom stereocenters. The number of halogens is 1. The molecule has 1 aromatic carbocycles. The zero-order chi connectivity index (χ0) is 15.4. The fraction of sp³-hybridized carbons (Fsp3) is 0.500. The Morgan fingerprint density at radius 2 is 1.85 bits per heavy atom. The van der Waals surface area contributed by atoms with Crippen LogP contribution in [0.15, 0.2) is 30.3 Å². The third-order valence-corrected chi connectivity index (χ3v) is 5.73. The maximum absolute atomic E-state index is 12.1. The molecular weight excluding hydrogens is 298 g/mol. The lowest BCUT2D eigenvalue weighted by molar-refractivity contribution is -0.123. The average molecular weight is 318 g/mol. The molecule has 20 heavy (non-hydrogen) atoms. The van der Waals surface area contributed by atoms with Gasteiger partial charge < -0.3 is 5.32 Å². The molecule has 112 valence electrons. The summed E-state index contributed by atoms with van der Waals surface area (Å²) in [6.45, 7) is 2.79. The zero-order valence-corrected chi connectivity index (χ0v) is 13.5. The van der Waals surface area contributed by atoms with Crippen LogP contribution in [0.3, 0.4) is 0 Å². The van der Waals surface area contributed by atoms with Crippen LogP contribution < -0.4 is 5.32 Å². The van der Waals surface area contributed by atoms with E-state index in [0.29, 0.717) is 6.42 Å². The standard InChI is InChI=1S/C14H20ClNO3S/c1-14(2,20(3,18)19)13(17)16-12(10-15)9-11-7-5-4-6-8-11/h4-8,12H,9-10H2,1-3H3,(H,16,17). The summed E-state index contributed by atoms with van der Waals surface area (Å²) in [5, 5.41) is 2.71. The lowest BCUT2D eigenvalue weighted by Crippen LogP contribution is -2.51. The molecule has 0 aromatic heterocycles. The fourth-order valence-corrected chi connectivity index (χ4v) is 2.15. The first kappa shape index (κ1) is 17.0. The summed E-state index contributed by atoms with van der Waals surface area (Å²) in [5.41, 5.74) is 1.04. The van der Waals surface area contributed by atoms with E-state index in [1.807, 2.05) is 30.3 Å². The molecule has 0 spiro atoms. The van der Waals surface area contributed by atoms with E-state index in [9.17, 15) is 13.2 Å². The zero-order valence-electron chi connectivity index (χ0n) is 11.9. The second-order valence-electron chi connectivity index (χ2n) is 5.30. The molecule has 0 saturated carbocycles. The van der Waals surface area contributed by atoms with E-state index in [1.54, 1.807) is 0 Å². The highest BCUT2D eigenvalue weighted by atomic mass is 35.5. The minimum Gasteiger partial charge on any atom is -0.350 e. The van der Waals surface area contributed by atoms with Gasteiger partial charge in [0, 0.05) is 18.2 Å². The van der Waals surface area contributed by atoms with Gasteiger partial charge in [0.1, 0.15) is 4.75 Å². The molecule has 0 radical (unpaired) electrons. The highest BCUT2D eigenvalue weighted by Gasteiger charge is 2.39. The Balaban J connectivity index is 2.77. The van der Waals surface area contributed by atoms with Crippen molar-refractivity contribution in [3.63, 3.8) is 0 Å². The van der Waals surface area contributed by atoms with Crippen LogP contribution in [0.4, 0.5) is 0 Å². The molecule has 1 aromatic rings. The topological polar surface area (TPSA) is 63.2 Å². The molecule has 4 nitrogen and oxygen atoms in total. The number of nitrogens with one attached hydrogen (secondary N) is 1. The van der Waals surface area contributed by atoms with Crippen molar-refractivity contribution >= 4 is 27.3 Å². The van der Waals surface area contributed by atoms with Crippen molar-refractivity contribution in [3.8, 4) is 0 Å². The van der Waals surface area contributed by atoms with Gasteiger partial charge >= 0.3 is 0 Å². The second-order valence-corrected chi connectivity index (χ2v) is 8.17. The normalized spacial score (nSPS) is 13.8. The number of benzene rings is 1. The molecule has 0 heterocycles. The molecule has 1 N–H and O–H groups in total. The van der Waals surface area contributed by atoms with Gasteiger partial charge in [0.2, 0.25) is 5.91 Å². The van der Waals surface area contributed by atoms with Crippen molar-refractivity contribution in [2.45, 2.75) is 31.1 Å². The van der Waals surface area contributed by atoms with E-state index in [1.165, 1.54) is 13.8 Å². The molecule has 0 aliphatic rings. The summed E-state index contributed by atoms with van der Waals surface area (Å²) in [7, 11) is -3.48. The number of hydrogen-bond donors (Lipinski definition) is 1. The van der Waals surface area contributed by atoms with Gasteiger partial charge in [-0.2, -0.15) is 0 Å². The largest absolute Gasteiger partial charge is 0.350 e. The van der Waals surface area contributed by atoms with E-state index in [4.69, 9.17) is 11.6 Å². The Bertz CT molecular complexity index is 555. The molecule has 1 atom stereocenters. The second kappa shape index (κ2) is 6.59. The van der Waals surface area contributed by atoms with Crippen LogP contribution >= 0.6 is 11.6 Å². The number of amides is 1. The first-order chi connectivity index (χ1) is 9.18. The predicted molar refractivity (Wildman–Crippen MR) is 81.7 cm³/mol. The predicted octanol–water partition coefficient (Wildman–Crippen LogP) is 1.78. The average Bonchev–Trinajstić information content (AvgIpc) is 2.37. The summed E-state index contributed by atoms with van der Waals surface area (Å²) < 4.78 is 21.8. The van der Waals surface area contributed by atoms with Crippen LogP contribution in [0.25, 0.3) is 0 Å². The number of alkyl halides is 1. The molecular formula is C14H20ClNO3S. The lowest BCUT2D eigenvalue weighted by Gasteiger charge is -2.25. The van der Waals surface area contributed by atoms with Gasteiger partial charge in [-0.1, -0.05) is 30.3 Å². The number of carbonyl (C=O) groups excluding carboxylic acids is 1. The first-order valence-electron chi connectivity index (χ1n) is 6.29. The molecule has 0 fully saturated rings. The van der Waals surface area contributed by atoms with Gasteiger partial charge in [0.25, 0.3) is 0 Å². The molecule has 6 heteroatoms. The first-order valence-corrected chi connectivity index (χ1v) is 8.71. The van der Waals surface area contributed by atoms with Crippen molar-refractivity contribution in [2.24, 2.45) is 0 Å². The van der Waals surface area contributed by atoms with Crippen LogP contribution in [0.5, 0.6) is 0 Å². The Labute approximate surface area is 125 Å². The van der Waals surface area contributed by atoms with Gasteiger partial charge in [0.15, 0.2) is 9.84 Å². The summed E-state index contributed by atoms with van der Waals surface area (Å²) in [5.74, 6) is -0.304. The van der Waals surface area contributed by atoms with Crippen molar-refractivity contribution in [1.29, 1.82) is 0 Å². The number of rotatable bonds is 6. The summed E-state index contributed by atoms with van der Waals surface area (Å²) >= 11 is 5.86. The Hall–Kier alpha value is -1.07. The molecule has 0 aliphatic heterocycles.